The third kappa shape index (κ3) is 6.75. The van der Waals surface area contributed by atoms with E-state index in [0.29, 0.717) is 39.2 Å². The molecule has 0 aromatic heterocycles. The molecule has 1 N–H and O–H groups in total. The van der Waals surface area contributed by atoms with E-state index in [1.807, 2.05) is 0 Å². The Morgan fingerprint density at radius 3 is 2.30 bits per heavy atom. The Bertz CT molecular complexity index is 1170. The molecule has 0 atom stereocenters. The fraction of sp³-hybridized carbons (Fsp3) is 0.300. The Morgan fingerprint density at radius 2 is 1.76 bits per heavy atom. The van der Waals surface area contributed by atoms with Crippen molar-refractivity contribution < 1.29 is 35.9 Å². The molecule has 33 heavy (non-hydrogen) atoms. The molecule has 1 amide bonds. The minimum atomic E-state index is -4.73. The summed E-state index contributed by atoms with van der Waals surface area (Å²) in [6.07, 6.45) is -3.99. The first-order chi connectivity index (χ1) is 15.3. The average molecular weight is 508 g/mol. The van der Waals surface area contributed by atoms with E-state index in [1.54, 1.807) is 25.1 Å². The number of nitrogens with one attached hydrogen (secondary N) is 1. The number of rotatable bonds is 8. The number of ether oxygens (including phenoxy) is 2. The van der Waals surface area contributed by atoms with Gasteiger partial charge in [-0.3, -0.25) is 9.10 Å². The third-order valence-corrected chi connectivity index (χ3v) is 5.83. The maximum Gasteiger partial charge on any atom is 0.416 e. The molecule has 0 saturated carbocycles. The van der Waals surface area contributed by atoms with Gasteiger partial charge in [0, 0.05) is 5.56 Å². The molecule has 0 unspecified atom stereocenters. The first-order valence-corrected chi connectivity index (χ1v) is 11.4. The third-order valence-electron chi connectivity index (χ3n) is 4.38. The molecule has 8 nitrogen and oxygen atoms in total. The van der Waals surface area contributed by atoms with E-state index in [-0.39, 0.29) is 5.02 Å². The molecular formula is C20H21ClF3N3O5S. The van der Waals surface area contributed by atoms with E-state index in [4.69, 9.17) is 21.1 Å². The second-order valence-corrected chi connectivity index (χ2v) is 9.05. The van der Waals surface area contributed by atoms with Gasteiger partial charge in [-0.2, -0.15) is 18.3 Å². The van der Waals surface area contributed by atoms with Gasteiger partial charge in [-0.15, -0.1) is 0 Å². The lowest BCUT2D eigenvalue weighted by atomic mass is 10.1. The van der Waals surface area contributed by atoms with Gasteiger partial charge in [0.25, 0.3) is 5.91 Å². The van der Waals surface area contributed by atoms with Crippen LogP contribution in [0.4, 0.5) is 18.9 Å². The number of sulfonamides is 1. The number of anilines is 1. The van der Waals surface area contributed by atoms with Crippen LogP contribution in [0.2, 0.25) is 5.02 Å². The Hall–Kier alpha value is -2.99. The Labute approximate surface area is 194 Å². The van der Waals surface area contributed by atoms with Crippen molar-refractivity contribution in [3.05, 3.63) is 52.5 Å². The highest BCUT2D eigenvalue weighted by atomic mass is 35.5. The van der Waals surface area contributed by atoms with Gasteiger partial charge in [0.15, 0.2) is 11.5 Å². The first-order valence-electron chi connectivity index (χ1n) is 9.18. The zero-order chi connectivity index (χ0) is 25.0. The lowest BCUT2D eigenvalue weighted by molar-refractivity contribution is -0.137. The van der Waals surface area contributed by atoms with Gasteiger partial charge < -0.3 is 9.47 Å². The molecule has 13 heteroatoms. The Balaban J connectivity index is 2.28. The summed E-state index contributed by atoms with van der Waals surface area (Å²) < 4.78 is 74.5. The summed E-state index contributed by atoms with van der Waals surface area (Å²) in [5.74, 6) is 0.0203. The number of hydrazone groups is 1. The molecular weight excluding hydrogens is 487 g/mol. The van der Waals surface area contributed by atoms with E-state index in [0.717, 1.165) is 12.3 Å². The summed E-state index contributed by atoms with van der Waals surface area (Å²) >= 11 is 5.94. The van der Waals surface area contributed by atoms with Gasteiger partial charge in [-0.05, 0) is 43.3 Å². The quantitative estimate of drug-likeness (QED) is 0.434. The number of methoxy groups -OCH3 is 2. The van der Waals surface area contributed by atoms with Crippen molar-refractivity contribution >= 4 is 38.9 Å². The van der Waals surface area contributed by atoms with E-state index in [9.17, 15) is 26.4 Å². The van der Waals surface area contributed by atoms with Gasteiger partial charge in [-0.1, -0.05) is 11.6 Å². The van der Waals surface area contributed by atoms with Crippen LogP contribution in [0.5, 0.6) is 11.5 Å². The second kappa shape index (κ2) is 10.3. The number of alkyl halides is 3. The summed E-state index contributed by atoms with van der Waals surface area (Å²) in [4.78, 5) is 12.4. The molecule has 0 aliphatic rings. The largest absolute Gasteiger partial charge is 0.493 e. The number of carbonyl (C=O) groups is 1. The number of nitrogens with zero attached hydrogens (tertiary/aromatic N) is 2. The molecule has 0 aliphatic carbocycles. The summed E-state index contributed by atoms with van der Waals surface area (Å²) in [7, 11) is -1.24. The number of benzene rings is 2. The first kappa shape index (κ1) is 26.3. The smallest absolute Gasteiger partial charge is 0.416 e. The van der Waals surface area contributed by atoms with Crippen LogP contribution in [0.3, 0.4) is 0 Å². The van der Waals surface area contributed by atoms with Crippen molar-refractivity contribution in [1.82, 2.24) is 5.43 Å². The van der Waals surface area contributed by atoms with Crippen LogP contribution in [-0.4, -0.2) is 47.1 Å². The van der Waals surface area contributed by atoms with Crippen molar-refractivity contribution in [2.24, 2.45) is 5.10 Å². The molecule has 0 saturated heterocycles. The lowest BCUT2D eigenvalue weighted by Gasteiger charge is -2.23. The molecule has 0 heterocycles. The van der Waals surface area contributed by atoms with Crippen molar-refractivity contribution in [3.8, 4) is 11.5 Å². The number of amides is 1. The van der Waals surface area contributed by atoms with Crippen LogP contribution >= 0.6 is 11.6 Å². The molecule has 180 valence electrons. The summed E-state index contributed by atoms with van der Waals surface area (Å²) in [5, 5.41) is 3.65. The van der Waals surface area contributed by atoms with Crippen LogP contribution in [0, 0.1) is 0 Å². The second-order valence-electron chi connectivity index (χ2n) is 6.74. The van der Waals surface area contributed by atoms with Crippen molar-refractivity contribution in [2.75, 3.05) is 31.3 Å². The van der Waals surface area contributed by atoms with Crippen molar-refractivity contribution in [2.45, 2.75) is 13.1 Å². The van der Waals surface area contributed by atoms with Crippen molar-refractivity contribution in [1.29, 1.82) is 0 Å². The van der Waals surface area contributed by atoms with E-state index in [1.165, 1.54) is 14.2 Å². The van der Waals surface area contributed by atoms with Crippen molar-refractivity contribution in [3.63, 3.8) is 0 Å². The molecule has 0 radical (unpaired) electrons. The van der Waals surface area contributed by atoms with Gasteiger partial charge in [0.2, 0.25) is 10.0 Å². The summed E-state index contributed by atoms with van der Waals surface area (Å²) in [5.41, 5.74) is 1.53. The van der Waals surface area contributed by atoms with E-state index in [2.05, 4.69) is 10.5 Å². The summed E-state index contributed by atoms with van der Waals surface area (Å²) in [6, 6.07) is 7.11. The predicted molar refractivity (Wildman–Crippen MR) is 119 cm³/mol. The van der Waals surface area contributed by atoms with E-state index >= 15 is 0 Å². The van der Waals surface area contributed by atoms with Crippen LogP contribution in [0.1, 0.15) is 18.1 Å². The van der Waals surface area contributed by atoms with Crippen LogP contribution in [-0.2, 0) is 21.0 Å². The standard InChI is InChI=1S/C20H21ClF3N3O5S/c1-12(13-5-8-17(31-2)18(9-13)32-3)25-26-19(28)11-27(33(4,29)30)16-10-14(20(22,23)24)6-7-15(16)21/h5-10H,11H2,1-4H3,(H,26,28)/b25-12+. The highest BCUT2D eigenvalue weighted by Crippen LogP contribution is 2.36. The minimum absolute atomic E-state index is 0.272. The van der Waals surface area contributed by atoms with Gasteiger partial charge in [0.1, 0.15) is 6.54 Å². The Kier molecular flexibility index (Phi) is 8.20. The van der Waals surface area contributed by atoms with Crippen LogP contribution in [0.15, 0.2) is 41.5 Å². The van der Waals surface area contributed by atoms with E-state index < -0.39 is 39.9 Å². The number of hydrogen-bond acceptors (Lipinski definition) is 6. The number of carbonyl (C=O) groups excluding carboxylic acids is 1. The highest BCUT2D eigenvalue weighted by molar-refractivity contribution is 7.92. The molecule has 2 rings (SSSR count). The zero-order valence-electron chi connectivity index (χ0n) is 18.0. The SMILES string of the molecule is COc1ccc(/C(C)=N/NC(=O)CN(c2cc(C(F)(F)F)ccc2Cl)S(C)(=O)=O)cc1OC. The number of hydrogen-bond donors (Lipinski definition) is 1. The monoisotopic (exact) mass is 507 g/mol. The maximum atomic E-state index is 13.1. The van der Waals surface area contributed by atoms with Crippen LogP contribution < -0.4 is 19.2 Å². The molecule has 0 spiro atoms. The fourth-order valence-corrected chi connectivity index (χ4v) is 3.83. The van der Waals surface area contributed by atoms with Gasteiger partial charge in [0.05, 0.1) is 42.5 Å². The highest BCUT2D eigenvalue weighted by Gasteiger charge is 2.33. The molecule has 0 fully saturated rings. The average Bonchev–Trinajstić information content (AvgIpc) is 2.74. The maximum absolute atomic E-state index is 13.1. The lowest BCUT2D eigenvalue weighted by Crippen LogP contribution is -2.39. The normalized spacial score (nSPS) is 12.3. The predicted octanol–water partition coefficient (Wildman–Crippen LogP) is 3.68. The zero-order valence-corrected chi connectivity index (χ0v) is 19.6. The topological polar surface area (TPSA) is 97.3 Å². The van der Waals surface area contributed by atoms with Crippen LogP contribution in [0.25, 0.3) is 0 Å². The Morgan fingerprint density at radius 1 is 1.12 bits per heavy atom. The molecule has 2 aromatic carbocycles. The molecule has 2 aromatic rings. The molecule has 0 bridgehead atoms. The number of halogens is 4. The van der Waals surface area contributed by atoms with Gasteiger partial charge >= 0.3 is 6.18 Å². The summed E-state index contributed by atoms with van der Waals surface area (Å²) in [6.45, 7) is 0.738. The van der Waals surface area contributed by atoms with Gasteiger partial charge in [-0.25, -0.2) is 13.8 Å². The fourth-order valence-electron chi connectivity index (χ4n) is 2.70. The molecule has 0 aliphatic heterocycles. The minimum Gasteiger partial charge on any atom is -0.493 e.